The van der Waals surface area contributed by atoms with E-state index in [1.165, 1.54) is 24.1 Å². The number of methoxy groups -OCH3 is 1. The van der Waals surface area contributed by atoms with E-state index in [2.05, 4.69) is 5.10 Å². The molecule has 2 aromatic carbocycles. The Hall–Kier alpha value is -3.72. The van der Waals surface area contributed by atoms with Gasteiger partial charge in [-0.15, -0.1) is 0 Å². The number of ether oxygens (including phenoxy) is 2. The lowest BCUT2D eigenvalue weighted by molar-refractivity contribution is 0.0600. The molecule has 0 radical (unpaired) electrons. The topological polar surface area (TPSA) is 118 Å². The minimum atomic E-state index is -0.505. The van der Waals surface area contributed by atoms with E-state index in [0.717, 1.165) is 11.8 Å². The zero-order chi connectivity index (χ0) is 24.0. The van der Waals surface area contributed by atoms with E-state index in [0.29, 0.717) is 33.2 Å². The highest BCUT2D eigenvalue weighted by molar-refractivity contribution is 8.26. The van der Waals surface area contributed by atoms with Gasteiger partial charge in [0.25, 0.3) is 5.56 Å². The summed E-state index contributed by atoms with van der Waals surface area (Å²) in [5, 5.41) is 20.9. The maximum atomic E-state index is 12.1. The van der Waals surface area contributed by atoms with E-state index in [1.54, 1.807) is 48.5 Å². The van der Waals surface area contributed by atoms with Crippen LogP contribution in [-0.2, 0) is 11.3 Å². The van der Waals surface area contributed by atoms with Crippen molar-refractivity contribution in [1.82, 2.24) is 9.78 Å². The van der Waals surface area contributed by atoms with E-state index in [4.69, 9.17) is 20.3 Å². The summed E-state index contributed by atoms with van der Waals surface area (Å²) in [6.45, 7) is 3.99. The standard InChI is InChI=1S/C24H24N4O4S/c1-15(2)22(25)33-23(26)16-8-10-19(11-9-16)32-20-13-17(24(30)31-3)6-7-18(20)14-28-21(29)5-4-12-27-28/h4-13,15,25-26H,14H2,1-3H3. The summed E-state index contributed by atoms with van der Waals surface area (Å²) in [5.41, 5.74) is 1.38. The largest absolute Gasteiger partial charge is 0.465 e. The van der Waals surface area contributed by atoms with Crippen LogP contribution in [0.2, 0.25) is 0 Å². The number of hydrogen-bond donors (Lipinski definition) is 2. The molecule has 0 aliphatic carbocycles. The second-order valence-electron chi connectivity index (χ2n) is 7.41. The number of nitrogens with one attached hydrogen (secondary N) is 2. The molecule has 0 amide bonds. The van der Waals surface area contributed by atoms with E-state index in [1.807, 2.05) is 13.8 Å². The van der Waals surface area contributed by atoms with Crippen molar-refractivity contribution in [2.45, 2.75) is 20.4 Å². The predicted molar refractivity (Wildman–Crippen MR) is 129 cm³/mol. The minimum absolute atomic E-state index is 0.0603. The lowest BCUT2D eigenvalue weighted by Crippen LogP contribution is -2.22. The van der Waals surface area contributed by atoms with Crippen LogP contribution in [0.3, 0.4) is 0 Å². The smallest absolute Gasteiger partial charge is 0.337 e. The van der Waals surface area contributed by atoms with Gasteiger partial charge in [-0.1, -0.05) is 31.7 Å². The van der Waals surface area contributed by atoms with Gasteiger partial charge in [0.15, 0.2) is 0 Å². The van der Waals surface area contributed by atoms with E-state index >= 15 is 0 Å². The Balaban J connectivity index is 1.87. The molecule has 8 nitrogen and oxygen atoms in total. The van der Waals surface area contributed by atoms with Crippen molar-refractivity contribution in [2.24, 2.45) is 5.92 Å². The van der Waals surface area contributed by atoms with E-state index < -0.39 is 5.97 Å². The van der Waals surface area contributed by atoms with Crippen molar-refractivity contribution < 1.29 is 14.3 Å². The highest BCUT2D eigenvalue weighted by Gasteiger charge is 2.14. The molecule has 170 valence electrons. The lowest BCUT2D eigenvalue weighted by Gasteiger charge is -2.14. The molecule has 0 atom stereocenters. The van der Waals surface area contributed by atoms with Gasteiger partial charge in [0.1, 0.15) is 16.5 Å². The molecule has 0 fully saturated rings. The number of carbonyl (C=O) groups excluding carboxylic acids is 1. The Labute approximate surface area is 195 Å². The molecule has 0 aliphatic heterocycles. The molecule has 0 saturated carbocycles. The highest BCUT2D eigenvalue weighted by atomic mass is 32.2. The summed E-state index contributed by atoms with van der Waals surface area (Å²) in [5.74, 6) is 0.432. The van der Waals surface area contributed by atoms with Crippen LogP contribution in [-0.4, -0.2) is 32.9 Å². The Morgan fingerprint density at radius 3 is 2.42 bits per heavy atom. The number of nitrogens with zero attached hydrogens (tertiary/aromatic N) is 2. The van der Waals surface area contributed by atoms with Crippen LogP contribution in [0.15, 0.2) is 65.6 Å². The molecule has 3 rings (SSSR count). The number of carbonyl (C=O) groups is 1. The molecule has 3 aromatic rings. The zero-order valence-electron chi connectivity index (χ0n) is 18.5. The number of benzene rings is 2. The maximum absolute atomic E-state index is 12.1. The van der Waals surface area contributed by atoms with Crippen LogP contribution in [0, 0.1) is 16.7 Å². The van der Waals surface area contributed by atoms with Crippen LogP contribution in [0.4, 0.5) is 0 Å². The van der Waals surface area contributed by atoms with Crippen LogP contribution in [0.5, 0.6) is 11.5 Å². The zero-order valence-corrected chi connectivity index (χ0v) is 19.3. The fourth-order valence-electron chi connectivity index (χ4n) is 2.78. The van der Waals surface area contributed by atoms with Gasteiger partial charge in [0.2, 0.25) is 0 Å². The monoisotopic (exact) mass is 464 g/mol. The van der Waals surface area contributed by atoms with Crippen molar-refractivity contribution in [3.63, 3.8) is 0 Å². The quantitative estimate of drug-likeness (QED) is 0.301. The van der Waals surface area contributed by atoms with Crippen molar-refractivity contribution in [1.29, 1.82) is 10.8 Å². The van der Waals surface area contributed by atoms with Gasteiger partial charge in [0.05, 0.1) is 24.3 Å². The minimum Gasteiger partial charge on any atom is -0.465 e. The van der Waals surface area contributed by atoms with Crippen molar-refractivity contribution in [3.8, 4) is 11.5 Å². The van der Waals surface area contributed by atoms with Gasteiger partial charge in [-0.2, -0.15) is 5.10 Å². The fourth-order valence-corrected chi connectivity index (χ4v) is 3.49. The van der Waals surface area contributed by atoms with Crippen molar-refractivity contribution in [2.75, 3.05) is 7.11 Å². The first-order valence-corrected chi connectivity index (χ1v) is 11.0. The number of thioether (sulfide) groups is 1. The van der Waals surface area contributed by atoms with Crippen molar-refractivity contribution >= 4 is 27.8 Å². The van der Waals surface area contributed by atoms with Gasteiger partial charge < -0.3 is 9.47 Å². The predicted octanol–water partition coefficient (Wildman–Crippen LogP) is 4.56. The molecule has 33 heavy (non-hydrogen) atoms. The third-order valence-corrected chi connectivity index (χ3v) is 5.81. The Morgan fingerprint density at radius 1 is 1.09 bits per heavy atom. The van der Waals surface area contributed by atoms with Gasteiger partial charge >= 0.3 is 5.97 Å². The number of esters is 1. The second-order valence-corrected chi connectivity index (χ2v) is 8.46. The molecule has 1 aromatic heterocycles. The summed E-state index contributed by atoms with van der Waals surface area (Å²) in [4.78, 5) is 24.1. The van der Waals surface area contributed by atoms with Crippen LogP contribution >= 0.6 is 11.8 Å². The summed E-state index contributed by atoms with van der Waals surface area (Å²) in [6, 6.07) is 14.8. The molecule has 1 heterocycles. The number of hydrogen-bond acceptors (Lipinski definition) is 8. The van der Waals surface area contributed by atoms with Crippen LogP contribution < -0.4 is 10.3 Å². The molecule has 0 unspecified atom stereocenters. The molecule has 0 saturated heterocycles. The summed E-state index contributed by atoms with van der Waals surface area (Å²) >= 11 is 1.12. The number of aromatic nitrogens is 2. The van der Waals surface area contributed by atoms with Gasteiger partial charge in [0, 0.05) is 29.3 Å². The van der Waals surface area contributed by atoms with Crippen LogP contribution in [0.25, 0.3) is 0 Å². The normalized spacial score (nSPS) is 10.7. The van der Waals surface area contributed by atoms with Gasteiger partial charge in [-0.3, -0.25) is 15.6 Å². The fraction of sp³-hybridized carbons (Fsp3) is 0.208. The second kappa shape index (κ2) is 10.7. The van der Waals surface area contributed by atoms with Gasteiger partial charge in [-0.05, 0) is 42.5 Å². The van der Waals surface area contributed by atoms with E-state index in [-0.39, 0.29) is 23.1 Å². The number of rotatable bonds is 7. The molecule has 0 bridgehead atoms. The molecular weight excluding hydrogens is 440 g/mol. The summed E-state index contributed by atoms with van der Waals surface area (Å²) in [6.07, 6.45) is 1.52. The first kappa shape index (κ1) is 23.9. The highest BCUT2D eigenvalue weighted by Crippen LogP contribution is 2.28. The SMILES string of the molecule is COC(=O)c1ccc(Cn2ncccc2=O)c(Oc2ccc(C(=N)SC(=N)C(C)C)cc2)c1. The first-order chi connectivity index (χ1) is 15.8. The third-order valence-electron chi connectivity index (χ3n) is 4.67. The Morgan fingerprint density at radius 2 is 1.79 bits per heavy atom. The molecule has 0 aliphatic rings. The first-order valence-electron chi connectivity index (χ1n) is 10.1. The average Bonchev–Trinajstić information content (AvgIpc) is 2.81. The van der Waals surface area contributed by atoms with Gasteiger partial charge in [-0.25, -0.2) is 9.48 Å². The molecular formula is C24H24N4O4S. The molecule has 2 N–H and O–H groups in total. The molecule has 9 heteroatoms. The lowest BCUT2D eigenvalue weighted by atomic mass is 10.1. The summed E-state index contributed by atoms with van der Waals surface area (Å²) < 4.78 is 12.1. The maximum Gasteiger partial charge on any atom is 0.337 e. The Bertz CT molecular complexity index is 1240. The molecule has 0 spiro atoms. The average molecular weight is 465 g/mol. The van der Waals surface area contributed by atoms with E-state index in [9.17, 15) is 9.59 Å². The third kappa shape index (κ3) is 6.17. The van der Waals surface area contributed by atoms with Crippen molar-refractivity contribution in [3.05, 3.63) is 87.8 Å². The van der Waals surface area contributed by atoms with Crippen LogP contribution in [0.1, 0.15) is 35.3 Å². The Kier molecular flexibility index (Phi) is 7.78. The summed E-state index contributed by atoms with van der Waals surface area (Å²) in [7, 11) is 1.30.